The van der Waals surface area contributed by atoms with Crippen molar-refractivity contribution in [3.63, 3.8) is 0 Å². The van der Waals surface area contributed by atoms with Gasteiger partial charge in [0.1, 0.15) is 9.21 Å². The molecule has 5 heteroatoms. The lowest BCUT2D eigenvalue weighted by Gasteiger charge is -2.06. The lowest BCUT2D eigenvalue weighted by molar-refractivity contribution is 0.669. The molecule has 18 heavy (non-hydrogen) atoms. The molecule has 0 aliphatic rings. The molecule has 0 bridgehead atoms. The summed E-state index contributed by atoms with van der Waals surface area (Å²) in [7, 11) is 0. The molecule has 3 aromatic rings. The van der Waals surface area contributed by atoms with Gasteiger partial charge in [-0.2, -0.15) is 5.10 Å². The maximum absolute atomic E-state index is 4.45. The summed E-state index contributed by atoms with van der Waals surface area (Å²) in [5.41, 5.74) is 2.18. The number of fused-ring (bicyclic) bond motifs is 1. The fourth-order valence-corrected chi connectivity index (χ4v) is 3.07. The maximum atomic E-state index is 4.45. The van der Waals surface area contributed by atoms with E-state index < -0.39 is 0 Å². The van der Waals surface area contributed by atoms with Crippen molar-refractivity contribution in [3.05, 3.63) is 57.4 Å². The Morgan fingerprint density at radius 1 is 1.11 bits per heavy atom. The van der Waals surface area contributed by atoms with Crippen molar-refractivity contribution in [2.45, 2.75) is 6.54 Å². The largest absolute Gasteiger partial charge is 0.256 e. The van der Waals surface area contributed by atoms with Crippen LogP contribution in [0.15, 0.2) is 51.8 Å². The van der Waals surface area contributed by atoms with E-state index in [1.54, 1.807) is 0 Å². The molecular formula is C13H9Br2N3. The molecule has 0 fully saturated rings. The fourth-order valence-electron chi connectivity index (χ4n) is 1.93. The number of aromatic nitrogens is 3. The molecule has 1 aromatic carbocycles. The zero-order valence-corrected chi connectivity index (χ0v) is 12.5. The molecule has 3 nitrogen and oxygen atoms in total. The number of para-hydroxylation sites is 1. The Bertz CT molecular complexity index is 701. The van der Waals surface area contributed by atoms with Gasteiger partial charge in [-0.15, -0.1) is 0 Å². The van der Waals surface area contributed by atoms with Crippen LogP contribution in [0.1, 0.15) is 5.56 Å². The van der Waals surface area contributed by atoms with Gasteiger partial charge in [0.05, 0.1) is 12.1 Å². The summed E-state index contributed by atoms with van der Waals surface area (Å²) < 4.78 is 3.66. The average Bonchev–Trinajstić information content (AvgIpc) is 2.68. The van der Waals surface area contributed by atoms with Crippen LogP contribution in [0.2, 0.25) is 0 Å². The van der Waals surface area contributed by atoms with Crippen LogP contribution in [0.4, 0.5) is 0 Å². The first kappa shape index (κ1) is 11.9. The van der Waals surface area contributed by atoms with Crippen LogP contribution in [-0.2, 0) is 6.54 Å². The van der Waals surface area contributed by atoms with E-state index in [0.717, 1.165) is 25.7 Å². The number of halogens is 2. The second-order valence-corrected chi connectivity index (χ2v) is 5.56. The average molecular weight is 367 g/mol. The van der Waals surface area contributed by atoms with Gasteiger partial charge in [0.2, 0.25) is 0 Å². The maximum Gasteiger partial charge on any atom is 0.129 e. The molecule has 0 unspecified atom stereocenters. The van der Waals surface area contributed by atoms with E-state index in [1.165, 1.54) is 0 Å². The van der Waals surface area contributed by atoms with Crippen LogP contribution in [0.25, 0.3) is 10.9 Å². The number of pyridine rings is 1. The van der Waals surface area contributed by atoms with E-state index in [9.17, 15) is 0 Å². The third-order valence-corrected chi connectivity index (χ3v) is 3.76. The Labute approximate surface area is 121 Å². The standard InChI is InChI=1S/C13H9Br2N3/c14-11-7-12(15)18(17-11)8-10-4-1-3-9-5-2-6-16-13(9)10/h1-7H,8H2. The molecule has 2 aromatic heterocycles. The van der Waals surface area contributed by atoms with Gasteiger partial charge in [-0.05, 0) is 43.5 Å². The fraction of sp³-hybridized carbons (Fsp3) is 0.0769. The molecule has 0 aliphatic carbocycles. The number of rotatable bonds is 2. The predicted molar refractivity (Wildman–Crippen MR) is 78.5 cm³/mol. The Balaban J connectivity index is 2.07. The molecule has 0 amide bonds. The highest BCUT2D eigenvalue weighted by atomic mass is 79.9. The van der Waals surface area contributed by atoms with Gasteiger partial charge < -0.3 is 0 Å². The second-order valence-electron chi connectivity index (χ2n) is 3.94. The van der Waals surface area contributed by atoms with Crippen molar-refractivity contribution < 1.29 is 0 Å². The molecule has 2 heterocycles. The summed E-state index contributed by atoms with van der Waals surface area (Å²) in [4.78, 5) is 4.45. The first-order valence-electron chi connectivity index (χ1n) is 5.45. The van der Waals surface area contributed by atoms with Gasteiger partial charge in [-0.3, -0.25) is 9.67 Å². The Hall–Kier alpha value is -1.20. The third kappa shape index (κ3) is 2.20. The van der Waals surface area contributed by atoms with E-state index in [2.05, 4.69) is 60.1 Å². The zero-order valence-electron chi connectivity index (χ0n) is 9.35. The van der Waals surface area contributed by atoms with Gasteiger partial charge in [0.25, 0.3) is 0 Å². The smallest absolute Gasteiger partial charge is 0.129 e. The summed E-state index contributed by atoms with van der Waals surface area (Å²) >= 11 is 6.86. The molecule has 0 atom stereocenters. The highest BCUT2D eigenvalue weighted by Crippen LogP contribution is 2.21. The highest BCUT2D eigenvalue weighted by Gasteiger charge is 2.07. The SMILES string of the molecule is Brc1cc(Br)n(Cc2cccc3cccnc23)n1. The molecule has 0 N–H and O–H groups in total. The minimum Gasteiger partial charge on any atom is -0.256 e. The van der Waals surface area contributed by atoms with Crippen molar-refractivity contribution in [2.75, 3.05) is 0 Å². The van der Waals surface area contributed by atoms with E-state index >= 15 is 0 Å². The van der Waals surface area contributed by atoms with Crippen LogP contribution in [0.3, 0.4) is 0 Å². The van der Waals surface area contributed by atoms with Crippen LogP contribution >= 0.6 is 31.9 Å². The second kappa shape index (κ2) is 4.82. The summed E-state index contributed by atoms with van der Waals surface area (Å²) in [6.07, 6.45) is 1.82. The number of hydrogen-bond donors (Lipinski definition) is 0. The lowest BCUT2D eigenvalue weighted by atomic mass is 10.1. The molecule has 0 spiro atoms. The molecule has 0 radical (unpaired) electrons. The summed E-state index contributed by atoms with van der Waals surface area (Å²) in [6, 6.07) is 12.1. The van der Waals surface area contributed by atoms with Crippen molar-refractivity contribution in [1.29, 1.82) is 0 Å². The minimum absolute atomic E-state index is 0.695. The van der Waals surface area contributed by atoms with Gasteiger partial charge >= 0.3 is 0 Å². The summed E-state index contributed by atoms with van der Waals surface area (Å²) in [5, 5.41) is 5.52. The molecule has 0 saturated carbocycles. The first-order valence-corrected chi connectivity index (χ1v) is 7.04. The van der Waals surface area contributed by atoms with Gasteiger partial charge in [-0.1, -0.05) is 24.3 Å². The van der Waals surface area contributed by atoms with E-state index in [1.807, 2.05) is 29.1 Å². The summed E-state index contributed by atoms with van der Waals surface area (Å²) in [6.45, 7) is 0.695. The van der Waals surface area contributed by atoms with Crippen LogP contribution in [0.5, 0.6) is 0 Å². The van der Waals surface area contributed by atoms with Crippen molar-refractivity contribution in [3.8, 4) is 0 Å². The minimum atomic E-state index is 0.695. The Morgan fingerprint density at radius 3 is 2.72 bits per heavy atom. The first-order chi connectivity index (χ1) is 8.74. The number of benzene rings is 1. The van der Waals surface area contributed by atoms with Crippen LogP contribution in [-0.4, -0.2) is 14.8 Å². The quantitative estimate of drug-likeness (QED) is 0.686. The van der Waals surface area contributed by atoms with Crippen molar-refractivity contribution in [2.24, 2.45) is 0 Å². The zero-order chi connectivity index (χ0) is 12.5. The predicted octanol–water partition coefficient (Wildman–Crippen LogP) is 4.00. The van der Waals surface area contributed by atoms with E-state index in [4.69, 9.17) is 0 Å². The molecular weight excluding hydrogens is 358 g/mol. The van der Waals surface area contributed by atoms with E-state index in [0.29, 0.717) is 6.54 Å². The van der Waals surface area contributed by atoms with Gasteiger partial charge in [0.15, 0.2) is 0 Å². The monoisotopic (exact) mass is 365 g/mol. The van der Waals surface area contributed by atoms with Crippen molar-refractivity contribution in [1.82, 2.24) is 14.8 Å². The molecule has 90 valence electrons. The van der Waals surface area contributed by atoms with Crippen molar-refractivity contribution >= 4 is 42.8 Å². The number of hydrogen-bond acceptors (Lipinski definition) is 2. The number of nitrogens with zero attached hydrogens (tertiary/aromatic N) is 3. The van der Waals surface area contributed by atoms with E-state index in [-0.39, 0.29) is 0 Å². The van der Waals surface area contributed by atoms with Crippen LogP contribution in [0, 0.1) is 0 Å². The third-order valence-electron chi connectivity index (χ3n) is 2.74. The Kier molecular flexibility index (Phi) is 3.18. The van der Waals surface area contributed by atoms with Crippen LogP contribution < -0.4 is 0 Å². The van der Waals surface area contributed by atoms with Gasteiger partial charge in [-0.25, -0.2) is 0 Å². The Morgan fingerprint density at radius 2 is 1.94 bits per heavy atom. The summed E-state index contributed by atoms with van der Waals surface area (Å²) in [5.74, 6) is 0. The highest BCUT2D eigenvalue weighted by molar-refractivity contribution is 9.11. The topological polar surface area (TPSA) is 30.7 Å². The lowest BCUT2D eigenvalue weighted by Crippen LogP contribution is -2.03. The molecule has 0 saturated heterocycles. The normalized spacial score (nSPS) is 11.0. The van der Waals surface area contributed by atoms with Gasteiger partial charge in [0, 0.05) is 17.6 Å². The molecule has 0 aliphatic heterocycles. The molecule has 3 rings (SSSR count).